The number of carbonyl (C=O) groups is 1. The van der Waals surface area contributed by atoms with E-state index in [9.17, 15) is 14.9 Å². The van der Waals surface area contributed by atoms with Gasteiger partial charge in [-0.25, -0.2) is 9.59 Å². The van der Waals surface area contributed by atoms with E-state index in [1.165, 1.54) is 19.2 Å². The van der Waals surface area contributed by atoms with Gasteiger partial charge >= 0.3 is 11.6 Å². The average molecular weight is 545 g/mol. The molecule has 3 aromatic carbocycles. The molecule has 0 spiro atoms. The fourth-order valence-electron chi connectivity index (χ4n) is 4.12. The van der Waals surface area contributed by atoms with Crippen LogP contribution in [0, 0.1) is 11.3 Å². The molecule has 1 aliphatic rings. The summed E-state index contributed by atoms with van der Waals surface area (Å²) in [5.74, 6) is -0.542. The zero-order valence-corrected chi connectivity index (χ0v) is 20.4. The summed E-state index contributed by atoms with van der Waals surface area (Å²) in [6, 6.07) is 20.6. The molecule has 0 aliphatic carbocycles. The minimum atomic E-state index is -0.878. The van der Waals surface area contributed by atoms with Crippen LogP contribution in [0.5, 0.6) is 17.2 Å². The van der Waals surface area contributed by atoms with Crippen molar-refractivity contribution in [1.82, 2.24) is 0 Å². The number of ether oxygens (including phenoxy) is 3. The molecule has 2 heterocycles. The molecule has 4 aromatic rings. The van der Waals surface area contributed by atoms with Gasteiger partial charge in [-0.15, -0.1) is 0 Å². The van der Waals surface area contributed by atoms with Crippen molar-refractivity contribution < 1.29 is 23.4 Å². The molecule has 178 valence electrons. The zero-order valence-electron chi connectivity index (χ0n) is 18.8. The Labute approximate surface area is 213 Å². The quantitative estimate of drug-likeness (QED) is 0.216. The van der Waals surface area contributed by atoms with Crippen LogP contribution in [0.4, 0.5) is 0 Å². The lowest BCUT2D eigenvalue weighted by Crippen LogP contribution is -2.22. The molecule has 1 aromatic heterocycles. The fourth-order valence-corrected chi connectivity index (χ4v) is 4.49. The maximum Gasteiger partial charge on any atom is 0.351 e. The molecule has 1 atom stereocenters. The highest BCUT2D eigenvalue weighted by atomic mass is 79.9. The number of allylic oxidation sites excluding steroid dienone is 1. The third-order valence-corrected chi connectivity index (χ3v) is 6.26. The largest absolute Gasteiger partial charge is 0.496 e. The Bertz CT molecular complexity index is 1670. The number of carbonyl (C=O) groups excluding carboxylic acids is 1. The Morgan fingerprint density at radius 3 is 2.67 bits per heavy atom. The predicted molar refractivity (Wildman–Crippen MR) is 134 cm³/mol. The summed E-state index contributed by atoms with van der Waals surface area (Å²) in [6.07, 6.45) is 0. The number of methoxy groups -OCH3 is 1. The van der Waals surface area contributed by atoms with Crippen LogP contribution in [0.2, 0.25) is 0 Å². The van der Waals surface area contributed by atoms with E-state index < -0.39 is 17.5 Å². The van der Waals surface area contributed by atoms with Crippen LogP contribution in [-0.2, 0) is 0 Å². The van der Waals surface area contributed by atoms with Crippen LogP contribution >= 0.6 is 15.9 Å². The van der Waals surface area contributed by atoms with E-state index >= 15 is 0 Å². The topological polar surface area (TPSA) is 125 Å². The number of esters is 1. The summed E-state index contributed by atoms with van der Waals surface area (Å²) < 4.78 is 22.7. The summed E-state index contributed by atoms with van der Waals surface area (Å²) in [5.41, 5.74) is 6.97. The second kappa shape index (κ2) is 9.24. The molecule has 5 rings (SSSR count). The smallest absolute Gasteiger partial charge is 0.351 e. The molecule has 2 N–H and O–H groups in total. The second-order valence-electron chi connectivity index (χ2n) is 7.89. The van der Waals surface area contributed by atoms with E-state index in [-0.39, 0.29) is 22.8 Å². The SMILES string of the molecule is COc1ccc(Br)cc1C1C(C#N)=C(N)Oc2cc(OC(=O)c3cc4ccccc4oc3=O)ccc21. The molecule has 0 saturated heterocycles. The Hall–Kier alpha value is -4.55. The highest BCUT2D eigenvalue weighted by Gasteiger charge is 2.33. The molecule has 1 aliphatic heterocycles. The molecule has 8 nitrogen and oxygen atoms in total. The first-order valence-electron chi connectivity index (χ1n) is 10.7. The van der Waals surface area contributed by atoms with E-state index in [1.807, 2.05) is 12.1 Å². The van der Waals surface area contributed by atoms with E-state index in [1.54, 1.807) is 42.5 Å². The standard InChI is InChI=1S/C27H17BrN2O6/c1-33-22-9-6-15(28)11-18(22)24-17-8-7-16(12-23(17)35-25(30)20(24)13-29)34-26(31)19-10-14-4-2-3-5-21(14)36-27(19)32/h2-12,24H,30H2,1H3. The van der Waals surface area contributed by atoms with Gasteiger partial charge in [0.15, 0.2) is 0 Å². The van der Waals surface area contributed by atoms with E-state index in [2.05, 4.69) is 22.0 Å². The van der Waals surface area contributed by atoms with Crippen LogP contribution in [-0.4, -0.2) is 13.1 Å². The molecule has 9 heteroatoms. The molecular weight excluding hydrogens is 528 g/mol. The average Bonchev–Trinajstić information content (AvgIpc) is 2.87. The van der Waals surface area contributed by atoms with Gasteiger partial charge in [0.1, 0.15) is 40.0 Å². The Morgan fingerprint density at radius 1 is 1.08 bits per heavy atom. The van der Waals surface area contributed by atoms with Gasteiger partial charge in [0.2, 0.25) is 5.88 Å². The first-order valence-corrected chi connectivity index (χ1v) is 11.5. The van der Waals surface area contributed by atoms with Crippen molar-refractivity contribution in [1.29, 1.82) is 5.26 Å². The Balaban J connectivity index is 1.53. The molecule has 0 radical (unpaired) electrons. The number of hydrogen-bond donors (Lipinski definition) is 1. The predicted octanol–water partition coefficient (Wildman–Crippen LogP) is 5.00. The van der Waals surface area contributed by atoms with Gasteiger partial charge in [-0.1, -0.05) is 40.2 Å². The van der Waals surface area contributed by atoms with Crippen molar-refractivity contribution in [2.24, 2.45) is 5.73 Å². The number of hydrogen-bond acceptors (Lipinski definition) is 8. The third-order valence-electron chi connectivity index (χ3n) is 5.77. The summed E-state index contributed by atoms with van der Waals surface area (Å²) in [5, 5.41) is 10.4. The molecule has 0 bridgehead atoms. The summed E-state index contributed by atoms with van der Waals surface area (Å²) in [6.45, 7) is 0. The number of halogens is 1. The number of para-hydroxylation sites is 1. The van der Waals surface area contributed by atoms with Crippen LogP contribution in [0.3, 0.4) is 0 Å². The van der Waals surface area contributed by atoms with E-state index in [0.717, 1.165) is 4.47 Å². The minimum Gasteiger partial charge on any atom is -0.496 e. The van der Waals surface area contributed by atoms with E-state index in [4.69, 9.17) is 24.4 Å². The van der Waals surface area contributed by atoms with Crippen molar-refractivity contribution >= 4 is 32.9 Å². The Kier molecular flexibility index (Phi) is 5.96. The van der Waals surface area contributed by atoms with Crippen LogP contribution in [0.25, 0.3) is 11.0 Å². The number of fused-ring (bicyclic) bond motifs is 2. The number of nitrogens with zero attached hydrogens (tertiary/aromatic N) is 1. The van der Waals surface area contributed by atoms with Gasteiger partial charge in [-0.2, -0.15) is 5.26 Å². The van der Waals surface area contributed by atoms with Gasteiger partial charge < -0.3 is 24.4 Å². The monoisotopic (exact) mass is 544 g/mol. The molecule has 0 amide bonds. The van der Waals surface area contributed by atoms with Crippen molar-refractivity contribution in [3.8, 4) is 23.3 Å². The number of nitrogens with two attached hydrogens (primary N) is 1. The summed E-state index contributed by atoms with van der Waals surface area (Å²) >= 11 is 3.46. The van der Waals surface area contributed by atoms with Crippen molar-refractivity contribution in [2.45, 2.75) is 5.92 Å². The minimum absolute atomic E-state index is 0.0734. The fraction of sp³-hybridized carbons (Fsp3) is 0.0741. The normalized spacial score (nSPS) is 14.5. The first-order chi connectivity index (χ1) is 17.4. The second-order valence-corrected chi connectivity index (χ2v) is 8.80. The summed E-state index contributed by atoms with van der Waals surface area (Å²) in [7, 11) is 1.54. The first kappa shape index (κ1) is 23.2. The molecule has 36 heavy (non-hydrogen) atoms. The van der Waals surface area contributed by atoms with Crippen molar-refractivity contribution in [3.63, 3.8) is 0 Å². The molecule has 1 unspecified atom stereocenters. The number of rotatable bonds is 4. The lowest BCUT2D eigenvalue weighted by Gasteiger charge is -2.27. The Morgan fingerprint density at radius 2 is 1.89 bits per heavy atom. The van der Waals surface area contributed by atoms with Gasteiger partial charge in [-0.3, -0.25) is 0 Å². The molecule has 0 saturated carbocycles. The van der Waals surface area contributed by atoms with Crippen LogP contribution in [0.15, 0.2) is 91.9 Å². The lowest BCUT2D eigenvalue weighted by atomic mass is 9.83. The van der Waals surface area contributed by atoms with Gasteiger partial charge in [0.25, 0.3) is 0 Å². The molecule has 0 fully saturated rings. The van der Waals surface area contributed by atoms with E-state index in [0.29, 0.717) is 33.6 Å². The van der Waals surface area contributed by atoms with Gasteiger partial charge in [0.05, 0.1) is 13.0 Å². The highest BCUT2D eigenvalue weighted by Crippen LogP contribution is 2.46. The van der Waals surface area contributed by atoms with Crippen LogP contribution < -0.4 is 25.6 Å². The number of benzene rings is 3. The molecular formula is C27H17BrN2O6. The van der Waals surface area contributed by atoms with Crippen molar-refractivity contribution in [2.75, 3.05) is 7.11 Å². The van der Waals surface area contributed by atoms with Crippen molar-refractivity contribution in [3.05, 3.63) is 110 Å². The van der Waals surface area contributed by atoms with Gasteiger partial charge in [-0.05, 0) is 36.4 Å². The maximum absolute atomic E-state index is 12.8. The van der Waals surface area contributed by atoms with Gasteiger partial charge in [0, 0.05) is 27.1 Å². The number of nitriles is 1. The third kappa shape index (κ3) is 4.08. The van der Waals surface area contributed by atoms with Crippen LogP contribution in [0.1, 0.15) is 27.4 Å². The maximum atomic E-state index is 12.8. The summed E-state index contributed by atoms with van der Waals surface area (Å²) in [4.78, 5) is 25.1. The highest BCUT2D eigenvalue weighted by molar-refractivity contribution is 9.10. The lowest BCUT2D eigenvalue weighted by molar-refractivity contribution is 0.0730. The zero-order chi connectivity index (χ0) is 25.4.